The number of benzene rings is 1. The lowest BCUT2D eigenvalue weighted by atomic mass is 10.2. The van der Waals surface area contributed by atoms with Gasteiger partial charge in [-0.3, -0.25) is 4.34 Å². The van der Waals surface area contributed by atoms with Gasteiger partial charge in [-0.1, -0.05) is 53.5 Å². The first kappa shape index (κ1) is 16.4. The Bertz CT molecular complexity index is 798. The number of pyridine rings is 1. The van der Waals surface area contributed by atoms with E-state index in [1.807, 2.05) is 34.7 Å². The van der Waals surface area contributed by atoms with Crippen LogP contribution in [0.3, 0.4) is 0 Å². The smallest absolute Gasteiger partial charge is 0.167 e. The number of halogens is 3. The van der Waals surface area contributed by atoms with Gasteiger partial charge in [0.2, 0.25) is 0 Å². The molecule has 0 aliphatic heterocycles. The van der Waals surface area contributed by atoms with Gasteiger partial charge in [-0.05, 0) is 33.7 Å². The van der Waals surface area contributed by atoms with Crippen molar-refractivity contribution >= 4 is 62.8 Å². The minimum absolute atomic E-state index is 0.366. The van der Waals surface area contributed by atoms with E-state index in [9.17, 15) is 0 Å². The average Bonchev–Trinajstić information content (AvgIpc) is 2.86. The summed E-state index contributed by atoms with van der Waals surface area (Å²) in [4.78, 5) is 8.86. The zero-order valence-corrected chi connectivity index (χ0v) is 15.9. The zero-order valence-electron chi connectivity index (χ0n) is 11.3. The number of fused-ring (bicyclic) bond motifs is 1. The summed E-state index contributed by atoms with van der Waals surface area (Å²) in [5, 5.41) is 0.873. The predicted octanol–water partition coefficient (Wildman–Crippen LogP) is 5.25. The van der Waals surface area contributed by atoms with Crippen LogP contribution in [0.5, 0.6) is 0 Å². The van der Waals surface area contributed by atoms with E-state index in [4.69, 9.17) is 27.9 Å². The number of hydrogen-bond donors (Lipinski definition) is 0. The first-order chi connectivity index (χ1) is 10.7. The van der Waals surface area contributed by atoms with Gasteiger partial charge in [0.1, 0.15) is 23.1 Å². The third kappa shape index (κ3) is 3.54. The molecule has 0 aliphatic carbocycles. The maximum Gasteiger partial charge on any atom is 0.167 e. The molecule has 22 heavy (non-hydrogen) atoms. The number of nitrogens with zero attached hydrogens (tertiary/aromatic N) is 3. The van der Waals surface area contributed by atoms with Crippen LogP contribution in [0.1, 0.15) is 11.4 Å². The highest BCUT2D eigenvalue weighted by molar-refractivity contribution is 14.2. The van der Waals surface area contributed by atoms with Gasteiger partial charge in [-0.2, -0.15) is 0 Å². The molecule has 0 spiro atoms. The van der Waals surface area contributed by atoms with Crippen molar-refractivity contribution in [1.29, 1.82) is 0 Å². The topological polar surface area (TPSA) is 39.9 Å². The van der Waals surface area contributed by atoms with Crippen molar-refractivity contribution in [2.45, 2.75) is 13.2 Å². The van der Waals surface area contributed by atoms with Gasteiger partial charge in [0, 0.05) is 0 Å². The van der Waals surface area contributed by atoms with Crippen molar-refractivity contribution in [1.82, 2.24) is 14.3 Å². The Morgan fingerprint density at radius 3 is 2.64 bits per heavy atom. The lowest BCUT2D eigenvalue weighted by Gasteiger charge is -2.06. The van der Waals surface area contributed by atoms with Gasteiger partial charge < -0.3 is 4.74 Å². The Balaban J connectivity index is 1.83. The molecule has 2 heterocycles. The molecule has 1 aromatic carbocycles. The molecular weight excluding hydrogens is 455 g/mol. The summed E-state index contributed by atoms with van der Waals surface area (Å²) in [6, 6.07) is 11.6. The van der Waals surface area contributed by atoms with Crippen LogP contribution in [-0.2, 0) is 18.0 Å². The molecule has 4 nitrogen and oxygen atoms in total. The summed E-state index contributed by atoms with van der Waals surface area (Å²) in [5.41, 5.74) is 2.48. The van der Waals surface area contributed by atoms with Crippen LogP contribution >= 0.6 is 51.6 Å². The molecule has 8 heteroatoms. The molecule has 2 aromatic heterocycles. The fourth-order valence-electron chi connectivity index (χ4n) is 2.05. The van der Waals surface area contributed by atoms with Crippen molar-refractivity contribution in [3.8, 4) is 0 Å². The molecule has 3 rings (SSSR count). The van der Waals surface area contributed by atoms with E-state index in [0.29, 0.717) is 40.9 Å². The third-order valence-electron chi connectivity index (χ3n) is 3.03. The minimum atomic E-state index is 0.366. The van der Waals surface area contributed by atoms with Crippen molar-refractivity contribution < 1.29 is 4.74 Å². The van der Waals surface area contributed by atoms with Crippen molar-refractivity contribution in [3.63, 3.8) is 0 Å². The first-order valence-corrected chi connectivity index (χ1v) is 11.2. The van der Waals surface area contributed by atoms with Gasteiger partial charge >= 0.3 is 0 Å². The Hall–Kier alpha value is -0.460. The minimum Gasteiger partial charge on any atom is -0.369 e. The van der Waals surface area contributed by atoms with Gasteiger partial charge in [-0.15, -0.1) is 0 Å². The highest BCUT2D eigenvalue weighted by atomic mass is 127. The summed E-state index contributed by atoms with van der Waals surface area (Å²) in [5.74, 6) is 0.801. The van der Waals surface area contributed by atoms with Crippen molar-refractivity contribution in [2.24, 2.45) is 0 Å². The SMILES string of the molecule is Clc1cc(Cl)c2nc(COCc3ccccc3)n(PI)c2n1. The van der Waals surface area contributed by atoms with Gasteiger partial charge in [0.05, 0.1) is 18.0 Å². The summed E-state index contributed by atoms with van der Waals surface area (Å²) >= 11 is 14.5. The standard InChI is InChI=1S/C14H11Cl2IN3OP/c15-10-6-11(16)18-14-13(10)19-12(20(14)22-17)8-21-7-9-4-2-1-3-5-9/h1-6,22H,7-8H2. The second kappa shape index (κ2) is 7.41. The summed E-state index contributed by atoms with van der Waals surface area (Å²) in [6.45, 7) is 0.936. The molecule has 0 N–H and O–H groups in total. The van der Waals surface area contributed by atoms with Crippen LogP contribution in [-0.4, -0.2) is 14.3 Å². The third-order valence-corrected chi connectivity index (χ3v) is 5.60. The van der Waals surface area contributed by atoms with E-state index >= 15 is 0 Å². The van der Waals surface area contributed by atoms with Crippen LogP contribution in [0.2, 0.25) is 10.2 Å². The molecule has 114 valence electrons. The number of hydrogen-bond acceptors (Lipinski definition) is 3. The Kier molecular flexibility index (Phi) is 5.52. The Morgan fingerprint density at radius 1 is 1.14 bits per heavy atom. The van der Waals surface area contributed by atoms with E-state index < -0.39 is 0 Å². The largest absolute Gasteiger partial charge is 0.369 e. The summed E-state index contributed by atoms with van der Waals surface area (Å²) < 4.78 is 7.75. The Morgan fingerprint density at radius 2 is 1.91 bits per heavy atom. The number of rotatable bonds is 5. The van der Waals surface area contributed by atoms with Gasteiger partial charge in [-0.25, -0.2) is 9.97 Å². The molecule has 0 bridgehead atoms. The van der Waals surface area contributed by atoms with Gasteiger partial charge in [0.15, 0.2) is 5.65 Å². The van der Waals surface area contributed by atoms with Crippen LogP contribution in [0, 0.1) is 0 Å². The summed E-state index contributed by atoms with van der Waals surface area (Å²) in [7, 11) is 0. The molecule has 0 aliphatic rings. The second-order valence-electron chi connectivity index (χ2n) is 4.53. The molecule has 1 atom stereocenters. The van der Waals surface area contributed by atoms with Crippen LogP contribution in [0.15, 0.2) is 36.4 Å². The second-order valence-corrected chi connectivity index (χ2v) is 7.38. The number of imidazole rings is 1. The molecule has 3 aromatic rings. The van der Waals surface area contributed by atoms with Crippen LogP contribution < -0.4 is 0 Å². The van der Waals surface area contributed by atoms with E-state index in [1.165, 1.54) is 0 Å². The maximum absolute atomic E-state index is 6.19. The molecule has 0 fully saturated rings. The first-order valence-electron chi connectivity index (χ1n) is 6.40. The molecular formula is C14H11Cl2IN3OP. The lowest BCUT2D eigenvalue weighted by molar-refractivity contribution is 0.102. The summed E-state index contributed by atoms with van der Waals surface area (Å²) in [6.07, 6.45) is 0.442. The Labute approximate surface area is 152 Å². The maximum atomic E-state index is 6.19. The van der Waals surface area contributed by atoms with Crippen LogP contribution in [0.25, 0.3) is 11.2 Å². The van der Waals surface area contributed by atoms with Crippen molar-refractivity contribution in [3.05, 3.63) is 58.0 Å². The van der Waals surface area contributed by atoms with E-state index in [0.717, 1.165) is 11.4 Å². The molecule has 0 amide bonds. The van der Waals surface area contributed by atoms with E-state index in [-0.39, 0.29) is 0 Å². The fraction of sp³-hybridized carbons (Fsp3) is 0.143. The molecule has 0 saturated carbocycles. The molecule has 1 unspecified atom stereocenters. The predicted molar refractivity (Wildman–Crippen MR) is 100 cm³/mol. The quantitative estimate of drug-likeness (QED) is 0.293. The van der Waals surface area contributed by atoms with Crippen LogP contribution in [0.4, 0.5) is 0 Å². The monoisotopic (exact) mass is 465 g/mol. The average molecular weight is 466 g/mol. The van der Waals surface area contributed by atoms with E-state index in [2.05, 4.69) is 32.0 Å². The fourth-order valence-corrected chi connectivity index (χ4v) is 4.49. The molecule has 0 radical (unpaired) electrons. The molecule has 0 saturated heterocycles. The highest BCUT2D eigenvalue weighted by Crippen LogP contribution is 2.34. The highest BCUT2D eigenvalue weighted by Gasteiger charge is 2.15. The van der Waals surface area contributed by atoms with E-state index in [1.54, 1.807) is 6.07 Å². The lowest BCUT2D eigenvalue weighted by Crippen LogP contribution is -1.99. The van der Waals surface area contributed by atoms with Crippen molar-refractivity contribution in [2.75, 3.05) is 0 Å². The number of ether oxygens (including phenoxy) is 1. The normalized spacial score (nSPS) is 11.8. The number of aromatic nitrogens is 3. The zero-order chi connectivity index (χ0) is 15.5. The van der Waals surface area contributed by atoms with Gasteiger partial charge in [0.25, 0.3) is 0 Å².